The average Bonchev–Trinajstić information content (AvgIpc) is 2.45. The molecule has 0 aliphatic rings. The molecule has 1 atom stereocenters. The van der Waals surface area contributed by atoms with Crippen molar-refractivity contribution in [1.82, 2.24) is 0 Å². The van der Waals surface area contributed by atoms with Crippen molar-refractivity contribution >= 4 is 11.6 Å². The van der Waals surface area contributed by atoms with Gasteiger partial charge in [-0.15, -0.1) is 11.6 Å². The Labute approximate surface area is 145 Å². The summed E-state index contributed by atoms with van der Waals surface area (Å²) in [6.45, 7) is 12.7. The number of phenolic OH excluding ortho intramolecular Hbond substituents is 1. The Bertz CT molecular complexity index is 640. The summed E-state index contributed by atoms with van der Waals surface area (Å²) in [6, 6.07) is 14.2. The molecule has 2 heteroatoms. The van der Waals surface area contributed by atoms with Gasteiger partial charge in [0.15, 0.2) is 0 Å². The van der Waals surface area contributed by atoms with Gasteiger partial charge in [-0.1, -0.05) is 71.9 Å². The minimum absolute atomic E-state index is 0.145. The van der Waals surface area contributed by atoms with Crippen molar-refractivity contribution in [2.75, 3.05) is 0 Å². The van der Waals surface area contributed by atoms with Gasteiger partial charge in [-0.25, -0.2) is 0 Å². The molecule has 0 bridgehead atoms. The first-order valence-corrected chi connectivity index (χ1v) is 8.52. The van der Waals surface area contributed by atoms with Gasteiger partial charge in [-0.2, -0.15) is 0 Å². The summed E-state index contributed by atoms with van der Waals surface area (Å²) in [5, 5.41) is 10.6. The lowest BCUT2D eigenvalue weighted by atomic mass is 9.78. The number of benzene rings is 2. The van der Waals surface area contributed by atoms with E-state index in [4.69, 9.17) is 11.6 Å². The first-order chi connectivity index (χ1) is 10.5. The first-order valence-electron chi connectivity index (χ1n) is 8.08. The molecule has 0 fully saturated rings. The largest absolute Gasteiger partial charge is 0.507 e. The summed E-state index contributed by atoms with van der Waals surface area (Å²) in [5.74, 6) is 0.394. The van der Waals surface area contributed by atoms with E-state index in [-0.39, 0.29) is 16.2 Å². The monoisotopic (exact) mass is 330 g/mol. The zero-order valence-electron chi connectivity index (χ0n) is 14.9. The standard InChI is InChI=1S/C21H27ClO/c1-20(2,3)16-12-15(13-17(19(16)23)21(4,5)6)18(22)14-10-8-7-9-11-14/h7-13,18,23H,1-6H3. The molecule has 124 valence electrons. The lowest BCUT2D eigenvalue weighted by Crippen LogP contribution is -2.18. The molecule has 1 nitrogen and oxygen atoms in total. The fraction of sp³-hybridized carbons (Fsp3) is 0.429. The SMILES string of the molecule is CC(C)(C)c1cc(C(Cl)c2ccccc2)cc(C(C)(C)C)c1O. The number of rotatable bonds is 2. The summed E-state index contributed by atoms with van der Waals surface area (Å²) in [4.78, 5) is 0. The normalized spacial score (nSPS) is 13.9. The van der Waals surface area contributed by atoms with Gasteiger partial charge in [0.1, 0.15) is 5.75 Å². The molecule has 0 radical (unpaired) electrons. The van der Waals surface area contributed by atoms with Crippen LogP contribution in [-0.4, -0.2) is 5.11 Å². The van der Waals surface area contributed by atoms with E-state index in [1.807, 2.05) is 30.3 Å². The summed E-state index contributed by atoms with van der Waals surface area (Å²) in [7, 11) is 0. The molecule has 2 rings (SSSR count). The molecule has 2 aromatic rings. The third kappa shape index (κ3) is 3.90. The van der Waals surface area contributed by atoms with Crippen molar-refractivity contribution in [3.8, 4) is 5.75 Å². The van der Waals surface area contributed by atoms with E-state index < -0.39 is 0 Å². The number of phenols is 1. The van der Waals surface area contributed by atoms with E-state index in [9.17, 15) is 5.11 Å². The maximum atomic E-state index is 10.8. The zero-order chi connectivity index (χ0) is 17.4. The Morgan fingerprint density at radius 3 is 1.61 bits per heavy atom. The van der Waals surface area contributed by atoms with Crippen molar-refractivity contribution in [1.29, 1.82) is 0 Å². The highest BCUT2D eigenvalue weighted by Gasteiger charge is 2.28. The molecule has 0 heterocycles. The van der Waals surface area contributed by atoms with Crippen molar-refractivity contribution < 1.29 is 5.11 Å². The van der Waals surface area contributed by atoms with Gasteiger partial charge < -0.3 is 5.11 Å². The lowest BCUT2D eigenvalue weighted by molar-refractivity contribution is 0.422. The Hall–Kier alpha value is -1.47. The highest BCUT2D eigenvalue weighted by Crippen LogP contribution is 2.42. The van der Waals surface area contributed by atoms with Crippen LogP contribution in [-0.2, 0) is 10.8 Å². The Kier molecular flexibility index (Phi) is 4.82. The van der Waals surface area contributed by atoms with Gasteiger partial charge in [0.2, 0.25) is 0 Å². The maximum Gasteiger partial charge on any atom is 0.123 e. The molecule has 1 N–H and O–H groups in total. The van der Waals surface area contributed by atoms with Crippen molar-refractivity contribution in [2.45, 2.75) is 57.7 Å². The van der Waals surface area contributed by atoms with Crippen LogP contribution in [0.4, 0.5) is 0 Å². The predicted octanol–water partition coefficient (Wildman–Crippen LogP) is 6.32. The number of hydrogen-bond acceptors (Lipinski definition) is 1. The first kappa shape index (κ1) is 17.9. The third-order valence-corrected chi connectivity index (χ3v) is 4.64. The van der Waals surface area contributed by atoms with Gasteiger partial charge in [0.25, 0.3) is 0 Å². The second kappa shape index (κ2) is 6.20. The summed E-state index contributed by atoms with van der Waals surface area (Å²) >= 11 is 6.75. The number of aromatic hydroxyl groups is 1. The van der Waals surface area contributed by atoms with E-state index in [1.165, 1.54) is 0 Å². The van der Waals surface area contributed by atoms with Gasteiger partial charge in [-0.3, -0.25) is 0 Å². The Morgan fingerprint density at radius 1 is 0.783 bits per heavy atom. The summed E-state index contributed by atoms with van der Waals surface area (Å²) < 4.78 is 0. The zero-order valence-corrected chi connectivity index (χ0v) is 15.7. The van der Waals surface area contributed by atoms with Gasteiger partial charge >= 0.3 is 0 Å². The van der Waals surface area contributed by atoms with Crippen LogP contribution in [0.25, 0.3) is 0 Å². The highest BCUT2D eigenvalue weighted by molar-refractivity contribution is 6.22. The Balaban J connectivity index is 2.65. The summed E-state index contributed by atoms with van der Waals surface area (Å²) in [6.07, 6.45) is 0. The van der Waals surface area contributed by atoms with Crippen LogP contribution in [0.1, 0.15) is 69.2 Å². The van der Waals surface area contributed by atoms with E-state index >= 15 is 0 Å². The molecule has 1 unspecified atom stereocenters. The molecular formula is C21H27ClO. The molecule has 2 aromatic carbocycles. The number of halogens is 1. The fourth-order valence-corrected chi connectivity index (χ4v) is 3.03. The number of hydrogen-bond donors (Lipinski definition) is 1. The van der Waals surface area contributed by atoms with E-state index in [0.717, 1.165) is 22.3 Å². The molecule has 0 aliphatic heterocycles. The van der Waals surface area contributed by atoms with Crippen molar-refractivity contribution in [2.24, 2.45) is 0 Å². The maximum absolute atomic E-state index is 10.8. The van der Waals surface area contributed by atoms with Crippen molar-refractivity contribution in [3.63, 3.8) is 0 Å². The van der Waals surface area contributed by atoms with Crippen LogP contribution in [0.2, 0.25) is 0 Å². The topological polar surface area (TPSA) is 20.2 Å². The smallest absolute Gasteiger partial charge is 0.123 e. The molecule has 0 saturated heterocycles. The number of alkyl halides is 1. The van der Waals surface area contributed by atoms with Crippen LogP contribution in [0.3, 0.4) is 0 Å². The van der Waals surface area contributed by atoms with Gasteiger partial charge in [0, 0.05) is 0 Å². The van der Waals surface area contributed by atoms with Crippen LogP contribution in [0.5, 0.6) is 5.75 Å². The van der Waals surface area contributed by atoms with Gasteiger partial charge in [0.05, 0.1) is 5.38 Å². The van der Waals surface area contributed by atoms with E-state index in [2.05, 4.69) is 53.7 Å². The van der Waals surface area contributed by atoms with E-state index in [1.54, 1.807) is 0 Å². The van der Waals surface area contributed by atoms with E-state index in [0.29, 0.717) is 5.75 Å². The van der Waals surface area contributed by atoms with Crippen LogP contribution in [0, 0.1) is 0 Å². The fourth-order valence-electron chi connectivity index (χ4n) is 2.76. The van der Waals surface area contributed by atoms with Crippen molar-refractivity contribution in [3.05, 3.63) is 64.7 Å². The van der Waals surface area contributed by atoms with Crippen LogP contribution < -0.4 is 0 Å². The molecule has 0 aliphatic carbocycles. The molecule has 0 amide bonds. The molecular weight excluding hydrogens is 304 g/mol. The second-order valence-electron chi connectivity index (χ2n) is 8.24. The highest BCUT2D eigenvalue weighted by atomic mass is 35.5. The lowest BCUT2D eigenvalue weighted by Gasteiger charge is -2.29. The summed E-state index contributed by atoms with van der Waals surface area (Å²) in [5.41, 5.74) is 3.70. The van der Waals surface area contributed by atoms with Crippen LogP contribution in [0.15, 0.2) is 42.5 Å². The second-order valence-corrected chi connectivity index (χ2v) is 8.67. The average molecular weight is 331 g/mol. The minimum atomic E-state index is -0.223. The molecule has 0 spiro atoms. The predicted molar refractivity (Wildman–Crippen MR) is 99.6 cm³/mol. The third-order valence-electron chi connectivity index (χ3n) is 4.13. The Morgan fingerprint density at radius 2 is 1.22 bits per heavy atom. The van der Waals surface area contributed by atoms with Gasteiger partial charge in [-0.05, 0) is 45.2 Å². The quantitative estimate of drug-likeness (QED) is 0.639. The molecule has 0 aromatic heterocycles. The minimum Gasteiger partial charge on any atom is -0.507 e. The molecule has 23 heavy (non-hydrogen) atoms. The molecule has 0 saturated carbocycles. The van der Waals surface area contributed by atoms with Crippen LogP contribution >= 0.6 is 11.6 Å².